The van der Waals surface area contributed by atoms with Crippen molar-refractivity contribution in [2.75, 3.05) is 0 Å². The average molecular weight is 247 g/mol. The van der Waals surface area contributed by atoms with Crippen LogP contribution in [-0.4, -0.2) is 11.9 Å². The molecule has 0 fully saturated rings. The van der Waals surface area contributed by atoms with Crippen molar-refractivity contribution in [3.05, 3.63) is 23.4 Å². The average Bonchev–Trinajstić information content (AvgIpc) is 2.09. The molecule has 10 heavy (non-hydrogen) atoms. The Morgan fingerprint density at radius 1 is 1.70 bits per heavy atom. The molecule has 0 saturated heterocycles. The van der Waals surface area contributed by atoms with Crippen LogP contribution in [-0.2, 0) is 0 Å². The largest absolute Gasteiger partial charge is 0.321 e. The van der Waals surface area contributed by atoms with E-state index in [-0.39, 0.29) is 6.04 Å². The van der Waals surface area contributed by atoms with Crippen LogP contribution in [0, 0.1) is 0 Å². The highest BCUT2D eigenvalue weighted by Gasteiger charge is 2.28. The van der Waals surface area contributed by atoms with Crippen molar-refractivity contribution < 1.29 is 0 Å². The van der Waals surface area contributed by atoms with E-state index >= 15 is 0 Å². The van der Waals surface area contributed by atoms with E-state index in [9.17, 15) is 0 Å². The minimum Gasteiger partial charge on any atom is -0.321 e. The summed E-state index contributed by atoms with van der Waals surface area (Å²) in [7, 11) is 0. The lowest BCUT2D eigenvalue weighted by Gasteiger charge is -2.18. The zero-order chi connectivity index (χ0) is 7.14. The first kappa shape index (κ1) is 6.36. The summed E-state index contributed by atoms with van der Waals surface area (Å²) >= 11 is 2.05. The quantitative estimate of drug-likeness (QED) is 0.483. The second-order valence-corrected chi connectivity index (χ2v) is 2.78. The molecular weight excluding hydrogens is 241 g/mol. The van der Waals surface area contributed by atoms with Crippen LogP contribution in [0.3, 0.4) is 0 Å². The van der Waals surface area contributed by atoms with Gasteiger partial charge in [-0.25, -0.2) is 4.99 Å². The van der Waals surface area contributed by atoms with Gasteiger partial charge in [-0.3, -0.25) is 0 Å². The van der Waals surface area contributed by atoms with Crippen LogP contribution in [0.15, 0.2) is 28.4 Å². The second-order valence-electron chi connectivity index (χ2n) is 2.24. The van der Waals surface area contributed by atoms with E-state index in [1.807, 2.05) is 12.2 Å². The number of amidine groups is 1. The first-order valence-corrected chi connectivity index (χ1v) is 4.04. The van der Waals surface area contributed by atoms with Crippen molar-refractivity contribution in [2.24, 2.45) is 10.7 Å². The van der Waals surface area contributed by atoms with Crippen molar-refractivity contribution in [1.82, 2.24) is 3.53 Å². The molecule has 1 unspecified atom stereocenters. The van der Waals surface area contributed by atoms with Crippen molar-refractivity contribution in [1.29, 1.82) is 0 Å². The summed E-state index contributed by atoms with van der Waals surface area (Å²) in [5.74, 6) is 0.924. The number of halogens is 1. The molecule has 2 rings (SSSR count). The molecule has 0 aromatic rings. The zero-order valence-corrected chi connectivity index (χ0v) is 7.29. The van der Waals surface area contributed by atoms with E-state index in [1.165, 1.54) is 0 Å². The number of nitrogens with one attached hydrogen (secondary N) is 1. The molecule has 4 heteroatoms. The Morgan fingerprint density at radius 2 is 2.50 bits per heavy atom. The summed E-state index contributed by atoms with van der Waals surface area (Å²) in [6.07, 6.45) is 3.91. The topological polar surface area (TPSA) is 50.4 Å². The van der Waals surface area contributed by atoms with Crippen molar-refractivity contribution in [3.63, 3.8) is 0 Å². The Hall–Kier alpha value is -0.360. The van der Waals surface area contributed by atoms with Gasteiger partial charge in [0, 0.05) is 5.57 Å². The van der Waals surface area contributed by atoms with Gasteiger partial charge in [0.1, 0.15) is 5.84 Å². The van der Waals surface area contributed by atoms with E-state index < -0.39 is 0 Å². The predicted octanol–water partition coefficient (Wildman–Crippen LogP) is 0.489. The molecule has 1 aliphatic carbocycles. The lowest BCUT2D eigenvalue weighted by molar-refractivity contribution is 0.980. The molecule has 0 radical (unpaired) electrons. The molecule has 0 bridgehead atoms. The summed E-state index contributed by atoms with van der Waals surface area (Å²) < 4.78 is 2.95. The van der Waals surface area contributed by atoms with Gasteiger partial charge < -0.3 is 9.26 Å². The van der Waals surface area contributed by atoms with Gasteiger partial charge in [0.25, 0.3) is 0 Å². The van der Waals surface area contributed by atoms with E-state index in [1.54, 1.807) is 0 Å². The molecule has 1 heterocycles. The van der Waals surface area contributed by atoms with E-state index in [0.29, 0.717) is 0 Å². The van der Waals surface area contributed by atoms with Crippen LogP contribution in [0.4, 0.5) is 0 Å². The van der Waals surface area contributed by atoms with Crippen molar-refractivity contribution in [3.8, 4) is 0 Å². The molecule has 2 aliphatic rings. The summed E-state index contributed by atoms with van der Waals surface area (Å²) in [5, 5.41) is 0. The van der Waals surface area contributed by atoms with Crippen LogP contribution in [0.2, 0.25) is 0 Å². The van der Waals surface area contributed by atoms with Crippen LogP contribution in [0.25, 0.3) is 0 Å². The Kier molecular flexibility index (Phi) is 1.31. The molecule has 0 aromatic heterocycles. The molecule has 0 spiro atoms. The van der Waals surface area contributed by atoms with Gasteiger partial charge in [0.15, 0.2) is 0 Å². The molecule has 52 valence electrons. The summed E-state index contributed by atoms with van der Waals surface area (Å²) in [5.41, 5.74) is 7.90. The fraction of sp³-hybridized carbons (Fsp3) is 0.167. The van der Waals surface area contributed by atoms with Crippen molar-refractivity contribution in [2.45, 2.75) is 6.04 Å². The standard InChI is InChI=1S/C6H6IN3/c7-10-6-5-3(8)1-2-4(5)9-6/h1-3H,8H2,(H,9,10). The van der Waals surface area contributed by atoms with E-state index in [0.717, 1.165) is 17.1 Å². The minimum absolute atomic E-state index is 0.0600. The maximum absolute atomic E-state index is 5.72. The highest BCUT2D eigenvalue weighted by atomic mass is 127. The number of nitrogens with zero attached hydrogens (tertiary/aromatic N) is 1. The first-order valence-electron chi connectivity index (χ1n) is 2.96. The van der Waals surface area contributed by atoms with Gasteiger partial charge in [-0.1, -0.05) is 6.08 Å². The predicted molar refractivity (Wildman–Crippen MR) is 48.7 cm³/mol. The van der Waals surface area contributed by atoms with E-state index in [2.05, 4.69) is 31.4 Å². The fourth-order valence-corrected chi connectivity index (χ4v) is 1.54. The molecular formula is C6H6IN3. The van der Waals surface area contributed by atoms with Crippen LogP contribution >= 0.6 is 22.9 Å². The molecule has 0 saturated carbocycles. The first-order chi connectivity index (χ1) is 4.83. The second kappa shape index (κ2) is 2.06. The molecule has 3 N–H and O–H groups in total. The van der Waals surface area contributed by atoms with E-state index in [4.69, 9.17) is 5.73 Å². The van der Waals surface area contributed by atoms with Gasteiger partial charge in [0.05, 0.1) is 34.6 Å². The number of hydrogen-bond acceptors (Lipinski definition) is 3. The summed E-state index contributed by atoms with van der Waals surface area (Å²) in [6, 6.07) is 0.0600. The lowest BCUT2D eigenvalue weighted by atomic mass is 10.1. The number of hydrogen-bond donors (Lipinski definition) is 2. The zero-order valence-electron chi connectivity index (χ0n) is 5.13. The number of allylic oxidation sites excluding steroid dienone is 1. The SMILES string of the molecule is NC1C=CC2=C1C(NI)=N2. The molecule has 1 atom stereocenters. The maximum Gasteiger partial charge on any atom is 0.142 e. The van der Waals surface area contributed by atoms with Crippen LogP contribution in [0.1, 0.15) is 0 Å². The smallest absolute Gasteiger partial charge is 0.142 e. The Morgan fingerprint density at radius 3 is 3.10 bits per heavy atom. The van der Waals surface area contributed by atoms with Crippen LogP contribution < -0.4 is 9.26 Å². The molecule has 0 aromatic carbocycles. The molecule has 0 amide bonds. The van der Waals surface area contributed by atoms with Gasteiger partial charge in [-0.2, -0.15) is 0 Å². The normalized spacial score (nSPS) is 27.8. The van der Waals surface area contributed by atoms with Gasteiger partial charge in [-0.15, -0.1) is 0 Å². The highest BCUT2D eigenvalue weighted by molar-refractivity contribution is 14.1. The molecule has 1 aliphatic heterocycles. The van der Waals surface area contributed by atoms with Gasteiger partial charge in [0.2, 0.25) is 0 Å². The Labute approximate surface area is 72.6 Å². The highest BCUT2D eigenvalue weighted by Crippen LogP contribution is 2.28. The third kappa shape index (κ3) is 0.657. The lowest BCUT2D eigenvalue weighted by Crippen LogP contribution is -2.32. The summed E-state index contributed by atoms with van der Waals surface area (Å²) in [6.45, 7) is 0. The van der Waals surface area contributed by atoms with Crippen LogP contribution in [0.5, 0.6) is 0 Å². The Balaban J connectivity index is 2.23. The van der Waals surface area contributed by atoms with Gasteiger partial charge >= 0.3 is 0 Å². The molecule has 3 nitrogen and oxygen atoms in total. The number of rotatable bonds is 0. The monoisotopic (exact) mass is 247 g/mol. The fourth-order valence-electron chi connectivity index (χ4n) is 1.13. The van der Waals surface area contributed by atoms with Crippen molar-refractivity contribution >= 4 is 28.7 Å². The minimum atomic E-state index is 0.0600. The number of aliphatic imine (C=N–C) groups is 1. The Bertz CT molecular complexity index is 264. The maximum atomic E-state index is 5.72. The third-order valence-electron chi connectivity index (χ3n) is 1.65. The third-order valence-corrected chi connectivity index (χ3v) is 2.16. The summed E-state index contributed by atoms with van der Waals surface area (Å²) in [4.78, 5) is 4.16. The number of nitrogens with two attached hydrogens (primary N) is 1. The van der Waals surface area contributed by atoms with Gasteiger partial charge in [-0.05, 0) is 6.08 Å².